The van der Waals surface area contributed by atoms with Gasteiger partial charge in [-0.05, 0) is 12.3 Å². The third-order valence-corrected chi connectivity index (χ3v) is 3.67. The lowest BCUT2D eigenvalue weighted by Crippen LogP contribution is -2.08. The molecule has 0 aliphatic heterocycles. The van der Waals surface area contributed by atoms with Gasteiger partial charge in [0, 0.05) is 0 Å². The summed E-state index contributed by atoms with van der Waals surface area (Å²) >= 11 is 2.98. The second-order valence-electron chi connectivity index (χ2n) is 2.52. The number of aromatic amines is 1. The minimum absolute atomic E-state index is 0.133. The van der Waals surface area contributed by atoms with Crippen LogP contribution >= 0.6 is 23.1 Å². The quantitative estimate of drug-likeness (QED) is 0.745. The monoisotopic (exact) mass is 223 g/mol. The highest BCUT2D eigenvalue weighted by molar-refractivity contribution is 8.00. The molecule has 0 radical (unpaired) electrons. The Morgan fingerprint density at radius 1 is 1.71 bits per heavy atom. The van der Waals surface area contributed by atoms with E-state index in [-0.39, 0.29) is 11.1 Å². The highest BCUT2D eigenvalue weighted by Gasteiger charge is 2.06. The molecule has 0 amide bonds. The van der Waals surface area contributed by atoms with Gasteiger partial charge in [-0.25, -0.2) is 4.98 Å². The fourth-order valence-electron chi connectivity index (χ4n) is 1.04. The summed E-state index contributed by atoms with van der Waals surface area (Å²) in [4.78, 5) is 18.0. The normalized spacial score (nSPS) is 10.3. The summed E-state index contributed by atoms with van der Waals surface area (Å²) in [6.07, 6.45) is 1.92. The molecule has 2 aromatic rings. The van der Waals surface area contributed by atoms with E-state index in [1.165, 1.54) is 23.1 Å². The van der Waals surface area contributed by atoms with Crippen molar-refractivity contribution < 1.29 is 0 Å². The van der Waals surface area contributed by atoms with Crippen molar-refractivity contribution in [2.45, 2.75) is 4.34 Å². The van der Waals surface area contributed by atoms with E-state index in [1.807, 2.05) is 12.3 Å². The van der Waals surface area contributed by atoms with Crippen LogP contribution in [-0.2, 0) is 0 Å². The summed E-state index contributed by atoms with van der Waals surface area (Å²) in [5.41, 5.74) is 0.315. The predicted molar refractivity (Wildman–Crippen MR) is 56.7 cm³/mol. The Morgan fingerprint density at radius 2 is 2.50 bits per heavy atom. The van der Waals surface area contributed by atoms with Crippen molar-refractivity contribution in [3.63, 3.8) is 0 Å². The maximum absolute atomic E-state index is 11.2. The van der Waals surface area contributed by atoms with E-state index in [9.17, 15) is 4.79 Å². The molecule has 0 spiro atoms. The fraction of sp³-hybridized carbons (Fsp3) is 0.125. The van der Waals surface area contributed by atoms with E-state index in [2.05, 4.69) is 9.97 Å². The number of thioether (sulfide) groups is 1. The Kier molecular flexibility index (Phi) is 2.27. The largest absolute Gasteiger partial charge is 0.305 e. The van der Waals surface area contributed by atoms with Gasteiger partial charge in [-0.3, -0.25) is 4.79 Å². The van der Waals surface area contributed by atoms with Crippen LogP contribution in [0.15, 0.2) is 15.2 Å². The van der Waals surface area contributed by atoms with Gasteiger partial charge in [0.1, 0.15) is 11.6 Å². The van der Waals surface area contributed by atoms with E-state index < -0.39 is 0 Å². The number of hydrogen-bond donors (Lipinski definition) is 1. The highest BCUT2D eigenvalue weighted by atomic mass is 32.2. The number of nitrogens with zero attached hydrogens (tertiary/aromatic N) is 2. The molecule has 1 N–H and O–H groups in total. The van der Waals surface area contributed by atoms with E-state index in [4.69, 9.17) is 5.26 Å². The van der Waals surface area contributed by atoms with Crippen molar-refractivity contribution in [2.75, 3.05) is 6.26 Å². The first-order valence-electron chi connectivity index (χ1n) is 3.72. The number of rotatable bonds is 1. The van der Waals surface area contributed by atoms with Crippen molar-refractivity contribution in [1.82, 2.24) is 9.97 Å². The lowest BCUT2D eigenvalue weighted by atomic mass is 10.3. The molecule has 14 heavy (non-hydrogen) atoms. The molecule has 70 valence electrons. The van der Waals surface area contributed by atoms with E-state index in [0.717, 1.165) is 9.04 Å². The van der Waals surface area contributed by atoms with Gasteiger partial charge >= 0.3 is 0 Å². The summed E-state index contributed by atoms with van der Waals surface area (Å²) in [5, 5.41) is 8.65. The van der Waals surface area contributed by atoms with Crippen LogP contribution in [0.2, 0.25) is 0 Å². The summed E-state index contributed by atoms with van der Waals surface area (Å²) in [6.45, 7) is 0. The number of fused-ring (bicyclic) bond motifs is 1. The number of nitrogens with one attached hydrogen (secondary N) is 1. The molecular weight excluding hydrogens is 218 g/mol. The second kappa shape index (κ2) is 3.44. The van der Waals surface area contributed by atoms with Gasteiger partial charge in [0.15, 0.2) is 9.99 Å². The molecule has 0 atom stereocenters. The minimum Gasteiger partial charge on any atom is -0.305 e. The molecule has 4 nitrogen and oxygen atoms in total. The van der Waals surface area contributed by atoms with Crippen LogP contribution < -0.4 is 5.56 Å². The van der Waals surface area contributed by atoms with Crippen molar-refractivity contribution in [2.24, 2.45) is 0 Å². The van der Waals surface area contributed by atoms with Crippen LogP contribution in [0.1, 0.15) is 5.56 Å². The summed E-state index contributed by atoms with van der Waals surface area (Å²) in [5.74, 6) is 0. The van der Waals surface area contributed by atoms with Gasteiger partial charge in [0.05, 0.1) is 4.70 Å². The van der Waals surface area contributed by atoms with Gasteiger partial charge in [-0.15, -0.1) is 11.3 Å². The van der Waals surface area contributed by atoms with E-state index >= 15 is 0 Å². The number of pyridine rings is 1. The van der Waals surface area contributed by atoms with Crippen LogP contribution in [0.25, 0.3) is 10.3 Å². The topological polar surface area (TPSA) is 69.5 Å². The maximum atomic E-state index is 11.2. The number of hydrogen-bond acceptors (Lipinski definition) is 5. The molecule has 0 aliphatic rings. The molecular formula is C8H5N3OS2. The smallest absolute Gasteiger partial charge is 0.267 e. The van der Waals surface area contributed by atoms with Crippen molar-refractivity contribution >= 4 is 33.4 Å². The third-order valence-electron chi connectivity index (χ3n) is 1.68. The molecule has 0 fully saturated rings. The van der Waals surface area contributed by atoms with Crippen molar-refractivity contribution in [3.05, 3.63) is 22.0 Å². The van der Waals surface area contributed by atoms with Crippen LogP contribution in [-0.4, -0.2) is 16.2 Å². The minimum atomic E-state index is -0.377. The zero-order chi connectivity index (χ0) is 10.1. The first kappa shape index (κ1) is 9.24. The van der Waals surface area contributed by atoms with Crippen LogP contribution in [0.3, 0.4) is 0 Å². The third kappa shape index (κ3) is 1.41. The van der Waals surface area contributed by atoms with Gasteiger partial charge < -0.3 is 4.98 Å². The Hall–Kier alpha value is -1.32. The molecule has 0 aliphatic carbocycles. The number of nitriles is 1. The van der Waals surface area contributed by atoms with Gasteiger partial charge in [0.2, 0.25) is 0 Å². The molecule has 0 bridgehead atoms. The lowest BCUT2D eigenvalue weighted by Gasteiger charge is -1.87. The van der Waals surface area contributed by atoms with E-state index in [1.54, 1.807) is 6.07 Å². The zero-order valence-electron chi connectivity index (χ0n) is 7.20. The Labute approximate surface area is 87.6 Å². The molecule has 2 heterocycles. The standard InChI is InChI=1S/C8H5N3OS2/c1-13-8-11-6-5(14-8)2-4(3-9)7(12)10-6/h2H,1H3,(H,10,12). The lowest BCUT2D eigenvalue weighted by molar-refractivity contribution is 1.19. The SMILES string of the molecule is CSc1nc2[nH]c(=O)c(C#N)cc2s1. The first-order valence-corrected chi connectivity index (χ1v) is 5.76. The molecule has 6 heteroatoms. The fourth-order valence-corrected chi connectivity index (χ4v) is 2.52. The number of thiazole rings is 1. The van der Waals surface area contributed by atoms with Crippen molar-refractivity contribution in [3.8, 4) is 6.07 Å². The molecule has 0 unspecified atom stereocenters. The Morgan fingerprint density at radius 3 is 3.14 bits per heavy atom. The Bertz CT molecular complexity index is 578. The van der Waals surface area contributed by atoms with Gasteiger partial charge in [0.25, 0.3) is 5.56 Å². The first-order chi connectivity index (χ1) is 6.74. The van der Waals surface area contributed by atoms with Crippen LogP contribution in [0, 0.1) is 11.3 Å². The van der Waals surface area contributed by atoms with Crippen molar-refractivity contribution in [1.29, 1.82) is 5.26 Å². The molecule has 0 aromatic carbocycles. The van der Waals surface area contributed by atoms with E-state index in [0.29, 0.717) is 5.65 Å². The molecule has 2 rings (SSSR count). The van der Waals surface area contributed by atoms with Crippen LogP contribution in [0.5, 0.6) is 0 Å². The molecule has 2 aromatic heterocycles. The van der Waals surface area contributed by atoms with Gasteiger partial charge in [-0.1, -0.05) is 11.8 Å². The number of H-pyrrole nitrogens is 1. The molecule has 0 saturated heterocycles. The Balaban J connectivity index is 2.78. The summed E-state index contributed by atoms with van der Waals surface area (Å²) in [7, 11) is 0. The van der Waals surface area contributed by atoms with Crippen LogP contribution in [0.4, 0.5) is 0 Å². The summed E-state index contributed by atoms with van der Waals surface area (Å²) in [6, 6.07) is 3.42. The van der Waals surface area contributed by atoms with Gasteiger partial charge in [-0.2, -0.15) is 5.26 Å². The summed E-state index contributed by atoms with van der Waals surface area (Å²) < 4.78 is 1.72. The zero-order valence-corrected chi connectivity index (χ0v) is 8.83. The maximum Gasteiger partial charge on any atom is 0.267 e. The predicted octanol–water partition coefficient (Wildman–Crippen LogP) is 1.58. The average molecular weight is 223 g/mol. The average Bonchev–Trinajstić information content (AvgIpc) is 2.58. The second-order valence-corrected chi connectivity index (χ2v) is 4.60. The molecule has 0 saturated carbocycles. The number of aromatic nitrogens is 2. The highest BCUT2D eigenvalue weighted by Crippen LogP contribution is 2.26.